The number of ether oxygens (including phenoxy) is 1. The maximum atomic E-state index is 14.2. The number of nitrogens with zero attached hydrogens (tertiary/aromatic N) is 4. The Morgan fingerprint density at radius 2 is 1.00 bits per heavy atom. The summed E-state index contributed by atoms with van der Waals surface area (Å²) in [6.07, 6.45) is 0. The van der Waals surface area contributed by atoms with Crippen molar-refractivity contribution in [2.24, 2.45) is 5.10 Å². The molecule has 2 aliphatic heterocycles. The van der Waals surface area contributed by atoms with Gasteiger partial charge in [-0.2, -0.15) is 0 Å². The van der Waals surface area contributed by atoms with Crippen LogP contribution < -0.4 is 14.8 Å². The van der Waals surface area contributed by atoms with E-state index in [9.17, 15) is 4.79 Å². The number of amidine groups is 1. The summed E-state index contributed by atoms with van der Waals surface area (Å²) in [6.45, 7) is 2.04. The first-order chi connectivity index (χ1) is 23.7. The van der Waals surface area contributed by atoms with Crippen molar-refractivity contribution in [3.63, 3.8) is 0 Å². The van der Waals surface area contributed by atoms with Crippen LogP contribution in [0.25, 0.3) is 0 Å². The largest absolute Gasteiger partial charge is 0.460 e. The highest BCUT2D eigenvalue weighted by Gasteiger charge is 2.69. The average molecular weight is 627 g/mol. The lowest BCUT2D eigenvalue weighted by Gasteiger charge is -2.53. The summed E-state index contributed by atoms with van der Waals surface area (Å²) in [5.74, 6) is -1.53. The Balaban J connectivity index is 1.59. The highest BCUT2D eigenvalue weighted by atomic mass is 16.5. The Morgan fingerprint density at radius 1 is 0.562 bits per heavy atom. The van der Waals surface area contributed by atoms with E-state index in [2.05, 4.69) is 119 Å². The van der Waals surface area contributed by atoms with Gasteiger partial charge in [-0.25, -0.2) is 9.80 Å². The zero-order valence-electron chi connectivity index (χ0n) is 26.6. The van der Waals surface area contributed by atoms with Gasteiger partial charge in [0.1, 0.15) is 5.54 Å². The van der Waals surface area contributed by atoms with E-state index in [4.69, 9.17) is 9.84 Å². The SMILES string of the molecule is CCOC(=O)C1=NN(c2ccccc2)[C@@]2(c3ccccc3C(c3ccccc3)(c3ccccc3)N2c2ccccc2)N1c1ccccc1. The molecule has 0 radical (unpaired) electrons. The molecule has 0 saturated heterocycles. The lowest BCUT2D eigenvalue weighted by Crippen LogP contribution is -2.66. The van der Waals surface area contributed by atoms with E-state index in [0.29, 0.717) is 0 Å². The predicted molar refractivity (Wildman–Crippen MR) is 192 cm³/mol. The molecule has 0 saturated carbocycles. The molecule has 6 heteroatoms. The number of carbonyl (C=O) groups excluding carboxylic acids is 1. The Bertz CT molecular complexity index is 2030. The minimum Gasteiger partial charge on any atom is -0.460 e. The van der Waals surface area contributed by atoms with E-state index >= 15 is 0 Å². The molecule has 0 fully saturated rings. The summed E-state index contributed by atoms with van der Waals surface area (Å²) in [4.78, 5) is 18.7. The molecule has 48 heavy (non-hydrogen) atoms. The Kier molecular flexibility index (Phi) is 7.26. The second-order valence-corrected chi connectivity index (χ2v) is 11.8. The molecule has 8 rings (SSSR count). The zero-order chi connectivity index (χ0) is 32.6. The minimum atomic E-state index is -1.23. The molecule has 0 bridgehead atoms. The van der Waals surface area contributed by atoms with Gasteiger partial charge >= 0.3 is 5.97 Å². The lowest BCUT2D eigenvalue weighted by molar-refractivity contribution is -0.135. The zero-order valence-corrected chi connectivity index (χ0v) is 26.6. The van der Waals surface area contributed by atoms with Crippen LogP contribution in [-0.2, 0) is 20.9 Å². The fourth-order valence-electron chi connectivity index (χ4n) is 7.51. The smallest absolute Gasteiger partial charge is 0.376 e. The first-order valence-corrected chi connectivity index (χ1v) is 16.2. The fraction of sp³-hybridized carbons (Fsp3) is 0.0952. The van der Waals surface area contributed by atoms with Crippen LogP contribution in [0.2, 0.25) is 0 Å². The third-order valence-electron chi connectivity index (χ3n) is 9.21. The van der Waals surface area contributed by atoms with E-state index in [0.717, 1.165) is 39.3 Å². The van der Waals surface area contributed by atoms with Gasteiger partial charge in [-0.15, -0.1) is 5.10 Å². The molecular weight excluding hydrogens is 592 g/mol. The van der Waals surface area contributed by atoms with Crippen LogP contribution in [-0.4, -0.2) is 18.4 Å². The number of hydrogen-bond acceptors (Lipinski definition) is 6. The number of rotatable bonds is 7. The molecule has 2 aliphatic rings. The van der Waals surface area contributed by atoms with E-state index in [1.165, 1.54) is 0 Å². The predicted octanol–water partition coefficient (Wildman–Crippen LogP) is 8.51. The number of esters is 1. The summed E-state index contributed by atoms with van der Waals surface area (Å²) in [6, 6.07) is 60.4. The van der Waals surface area contributed by atoms with Gasteiger partial charge in [0.15, 0.2) is 0 Å². The topological polar surface area (TPSA) is 48.4 Å². The van der Waals surface area contributed by atoms with Gasteiger partial charge < -0.3 is 9.64 Å². The van der Waals surface area contributed by atoms with Crippen molar-refractivity contribution in [3.8, 4) is 0 Å². The van der Waals surface area contributed by atoms with Crippen LogP contribution in [0, 0.1) is 0 Å². The fourth-order valence-corrected chi connectivity index (χ4v) is 7.51. The van der Waals surface area contributed by atoms with Crippen molar-refractivity contribution >= 4 is 28.9 Å². The summed E-state index contributed by atoms with van der Waals surface area (Å²) in [5.41, 5.74) is 5.92. The Morgan fingerprint density at radius 3 is 1.52 bits per heavy atom. The molecule has 0 N–H and O–H groups in total. The van der Waals surface area contributed by atoms with Crippen LogP contribution in [0.1, 0.15) is 29.2 Å². The van der Waals surface area contributed by atoms with Gasteiger partial charge in [0.25, 0.3) is 0 Å². The number of anilines is 3. The third-order valence-corrected chi connectivity index (χ3v) is 9.21. The highest BCUT2D eigenvalue weighted by molar-refractivity contribution is 6.42. The molecule has 0 amide bonds. The molecule has 0 aliphatic carbocycles. The van der Waals surface area contributed by atoms with Gasteiger partial charge in [0.2, 0.25) is 11.6 Å². The highest BCUT2D eigenvalue weighted by Crippen LogP contribution is 2.62. The summed E-state index contributed by atoms with van der Waals surface area (Å²) < 4.78 is 5.76. The first-order valence-electron chi connectivity index (χ1n) is 16.2. The average Bonchev–Trinajstić information content (AvgIpc) is 3.65. The third kappa shape index (κ3) is 4.19. The van der Waals surface area contributed by atoms with Crippen LogP contribution in [0.5, 0.6) is 0 Å². The van der Waals surface area contributed by atoms with Crippen molar-refractivity contribution in [2.45, 2.75) is 18.2 Å². The number of benzene rings is 6. The van der Waals surface area contributed by atoms with Gasteiger partial charge in [0.05, 0.1) is 12.3 Å². The van der Waals surface area contributed by atoms with Crippen molar-refractivity contribution < 1.29 is 9.53 Å². The Hall–Kier alpha value is -6.14. The summed E-state index contributed by atoms with van der Waals surface area (Å²) in [5, 5.41) is 7.26. The molecule has 0 aromatic heterocycles. The molecule has 6 aromatic carbocycles. The normalized spacial score (nSPS) is 17.7. The van der Waals surface area contributed by atoms with Crippen molar-refractivity contribution in [2.75, 3.05) is 21.4 Å². The molecular formula is C42H34N4O2. The first kappa shape index (κ1) is 29.3. The summed E-state index contributed by atoms with van der Waals surface area (Å²) in [7, 11) is 0. The van der Waals surface area contributed by atoms with Crippen molar-refractivity contribution in [1.29, 1.82) is 0 Å². The standard InChI is InChI=1S/C42H34N4O2/c1-2-48-40(47)39-43-46(36-28-16-7-17-29-36)42(44(39)34-24-12-5-13-25-34)38-31-19-18-30-37(38)41(32-20-8-3-9-21-32,33-22-10-4-11-23-33)45(42)35-26-14-6-15-27-35/h3-31H,2H2,1H3/t42-/m0/s1. The van der Waals surface area contributed by atoms with Crippen LogP contribution >= 0.6 is 0 Å². The van der Waals surface area contributed by atoms with Crippen molar-refractivity contribution in [1.82, 2.24) is 0 Å². The molecule has 6 nitrogen and oxygen atoms in total. The second-order valence-electron chi connectivity index (χ2n) is 11.8. The van der Waals surface area contributed by atoms with Gasteiger partial charge in [-0.05, 0) is 60.0 Å². The maximum absolute atomic E-state index is 14.2. The maximum Gasteiger partial charge on any atom is 0.376 e. The van der Waals surface area contributed by atoms with Gasteiger partial charge in [-0.1, -0.05) is 140 Å². The van der Waals surface area contributed by atoms with Crippen LogP contribution in [0.3, 0.4) is 0 Å². The summed E-state index contributed by atoms with van der Waals surface area (Å²) >= 11 is 0. The second kappa shape index (κ2) is 11.9. The number of hydrazone groups is 1. The molecule has 1 atom stereocenters. The van der Waals surface area contributed by atoms with Gasteiger partial charge in [0, 0.05) is 16.9 Å². The monoisotopic (exact) mass is 626 g/mol. The number of para-hydroxylation sites is 3. The minimum absolute atomic E-state index is 0.194. The molecule has 234 valence electrons. The van der Waals surface area contributed by atoms with Crippen molar-refractivity contribution in [3.05, 3.63) is 198 Å². The number of fused-ring (bicyclic) bond motifs is 2. The van der Waals surface area contributed by atoms with Gasteiger partial charge in [-0.3, -0.25) is 4.90 Å². The molecule has 2 heterocycles. The van der Waals surface area contributed by atoms with E-state index in [1.807, 2.05) is 78.7 Å². The quantitative estimate of drug-likeness (QED) is 0.166. The molecule has 0 unspecified atom stereocenters. The van der Waals surface area contributed by atoms with E-state index in [1.54, 1.807) is 0 Å². The number of hydrogen-bond donors (Lipinski definition) is 0. The molecule has 6 aromatic rings. The van der Waals surface area contributed by atoms with E-state index < -0.39 is 17.3 Å². The van der Waals surface area contributed by atoms with Crippen LogP contribution in [0.15, 0.2) is 181 Å². The number of carbonyl (C=O) groups is 1. The molecule has 1 spiro atoms. The van der Waals surface area contributed by atoms with Crippen LogP contribution in [0.4, 0.5) is 17.1 Å². The van der Waals surface area contributed by atoms with E-state index in [-0.39, 0.29) is 12.4 Å². The Labute approximate surface area is 280 Å². The lowest BCUT2D eigenvalue weighted by atomic mass is 9.77.